The summed E-state index contributed by atoms with van der Waals surface area (Å²) in [6, 6.07) is 7.36. The zero-order chi connectivity index (χ0) is 22.6. The molecule has 0 radical (unpaired) electrons. The van der Waals surface area contributed by atoms with Crippen molar-refractivity contribution in [3.05, 3.63) is 35.5 Å². The second-order valence-electron chi connectivity index (χ2n) is 8.47. The molecule has 10 heteroatoms. The van der Waals surface area contributed by atoms with Crippen LogP contribution in [0.25, 0.3) is 11.3 Å². The van der Waals surface area contributed by atoms with Crippen LogP contribution in [-0.4, -0.2) is 55.4 Å². The summed E-state index contributed by atoms with van der Waals surface area (Å²) in [5.74, 6) is 1.85. The number of piperidine rings is 1. The van der Waals surface area contributed by atoms with Crippen molar-refractivity contribution in [2.24, 2.45) is 11.8 Å². The van der Waals surface area contributed by atoms with E-state index in [-0.39, 0.29) is 23.3 Å². The third-order valence-electron chi connectivity index (χ3n) is 6.05. The number of sulfone groups is 1. The third kappa shape index (κ3) is 5.96. The van der Waals surface area contributed by atoms with Gasteiger partial charge < -0.3 is 16.0 Å². The SMILES string of the molecule is O=C(Nc1cc(-c2cccc(NCC3CCS(=O)(=O)CC3)n2)c(Cl)cn1)C1CCCNC1. The topological polar surface area (TPSA) is 113 Å². The minimum atomic E-state index is -2.86. The Morgan fingerprint density at radius 3 is 2.75 bits per heavy atom. The number of halogens is 1. The first-order chi connectivity index (χ1) is 15.4. The Bertz CT molecular complexity index is 1060. The van der Waals surface area contributed by atoms with Crippen molar-refractivity contribution in [1.82, 2.24) is 15.3 Å². The summed E-state index contributed by atoms with van der Waals surface area (Å²) < 4.78 is 23.2. The Labute approximate surface area is 193 Å². The minimum absolute atomic E-state index is 0.0455. The summed E-state index contributed by atoms with van der Waals surface area (Å²) in [6.45, 7) is 2.30. The molecule has 2 aromatic heterocycles. The maximum atomic E-state index is 12.5. The predicted molar refractivity (Wildman–Crippen MR) is 127 cm³/mol. The molecule has 32 heavy (non-hydrogen) atoms. The van der Waals surface area contributed by atoms with Crippen LogP contribution in [0.1, 0.15) is 25.7 Å². The number of carbonyl (C=O) groups excluding carboxylic acids is 1. The molecule has 0 spiro atoms. The van der Waals surface area contributed by atoms with E-state index in [1.165, 1.54) is 6.20 Å². The van der Waals surface area contributed by atoms with Gasteiger partial charge in [0.2, 0.25) is 5.91 Å². The summed E-state index contributed by atoms with van der Waals surface area (Å²) in [6.07, 6.45) is 4.71. The van der Waals surface area contributed by atoms with Crippen LogP contribution in [0.4, 0.5) is 11.6 Å². The lowest BCUT2D eigenvalue weighted by Gasteiger charge is -2.22. The third-order valence-corrected chi connectivity index (χ3v) is 8.06. The first-order valence-electron chi connectivity index (χ1n) is 11.0. The molecule has 3 N–H and O–H groups in total. The highest BCUT2D eigenvalue weighted by Crippen LogP contribution is 2.29. The van der Waals surface area contributed by atoms with E-state index in [1.54, 1.807) is 6.07 Å². The standard InChI is InChI=1S/C22H28ClN5O3S/c23-18-14-26-21(28-22(29)16-3-2-8-24-13-16)11-17(18)19-4-1-5-20(27-19)25-12-15-6-9-32(30,31)10-7-15/h1,4-5,11,14-16,24H,2-3,6-10,12-13H2,(H,25,27)(H,26,28,29). The van der Waals surface area contributed by atoms with Crippen LogP contribution >= 0.6 is 11.6 Å². The number of nitrogens with zero attached hydrogens (tertiary/aromatic N) is 2. The largest absolute Gasteiger partial charge is 0.370 e. The van der Waals surface area contributed by atoms with E-state index in [4.69, 9.17) is 11.6 Å². The molecule has 2 aliphatic heterocycles. The Kier molecular flexibility index (Phi) is 7.27. The van der Waals surface area contributed by atoms with Crippen LogP contribution in [0.3, 0.4) is 0 Å². The highest BCUT2D eigenvalue weighted by Gasteiger charge is 2.24. The minimum Gasteiger partial charge on any atom is -0.370 e. The number of aromatic nitrogens is 2. The summed E-state index contributed by atoms with van der Waals surface area (Å²) in [7, 11) is -2.86. The van der Waals surface area contributed by atoms with Gasteiger partial charge in [-0.3, -0.25) is 4.79 Å². The molecular formula is C22H28ClN5O3S. The van der Waals surface area contributed by atoms with Crippen LogP contribution in [0, 0.1) is 11.8 Å². The molecule has 2 aliphatic rings. The Morgan fingerprint density at radius 1 is 1.19 bits per heavy atom. The maximum absolute atomic E-state index is 12.5. The van der Waals surface area contributed by atoms with Crippen LogP contribution in [0.5, 0.6) is 0 Å². The Morgan fingerprint density at radius 2 is 2.00 bits per heavy atom. The average Bonchev–Trinajstić information content (AvgIpc) is 2.80. The normalized spacial score (nSPS) is 21.1. The molecule has 2 saturated heterocycles. The molecule has 2 fully saturated rings. The quantitative estimate of drug-likeness (QED) is 0.586. The fraction of sp³-hybridized carbons (Fsp3) is 0.500. The molecule has 1 amide bonds. The molecule has 8 nitrogen and oxygen atoms in total. The van der Waals surface area contributed by atoms with Gasteiger partial charge in [0.25, 0.3) is 0 Å². The number of nitrogens with one attached hydrogen (secondary N) is 3. The van der Waals surface area contributed by atoms with Gasteiger partial charge in [-0.25, -0.2) is 18.4 Å². The van der Waals surface area contributed by atoms with Gasteiger partial charge in [-0.15, -0.1) is 0 Å². The van der Waals surface area contributed by atoms with Crippen LogP contribution < -0.4 is 16.0 Å². The average molecular weight is 478 g/mol. The van der Waals surface area contributed by atoms with Crippen molar-refractivity contribution in [2.75, 3.05) is 41.8 Å². The zero-order valence-electron chi connectivity index (χ0n) is 17.8. The smallest absolute Gasteiger partial charge is 0.229 e. The molecule has 1 atom stereocenters. The fourth-order valence-corrected chi connectivity index (χ4v) is 5.87. The van der Waals surface area contributed by atoms with Gasteiger partial charge in [0.05, 0.1) is 28.1 Å². The van der Waals surface area contributed by atoms with Gasteiger partial charge in [0.15, 0.2) is 0 Å². The molecule has 4 rings (SSSR count). The number of anilines is 2. The van der Waals surface area contributed by atoms with Gasteiger partial charge >= 0.3 is 0 Å². The Hall–Kier alpha value is -2.23. The second kappa shape index (κ2) is 10.1. The van der Waals surface area contributed by atoms with Crippen molar-refractivity contribution in [2.45, 2.75) is 25.7 Å². The molecule has 4 heterocycles. The summed E-state index contributed by atoms with van der Waals surface area (Å²) in [5.41, 5.74) is 1.36. The lowest BCUT2D eigenvalue weighted by molar-refractivity contribution is -0.120. The number of rotatable bonds is 6. The van der Waals surface area contributed by atoms with Gasteiger partial charge in [0.1, 0.15) is 21.5 Å². The first-order valence-corrected chi connectivity index (χ1v) is 13.2. The van der Waals surface area contributed by atoms with Gasteiger partial charge in [-0.05, 0) is 56.3 Å². The number of hydrogen-bond acceptors (Lipinski definition) is 7. The number of carbonyl (C=O) groups is 1. The van der Waals surface area contributed by atoms with E-state index in [0.717, 1.165) is 19.4 Å². The predicted octanol–water partition coefficient (Wildman–Crippen LogP) is 2.97. The van der Waals surface area contributed by atoms with Crippen molar-refractivity contribution in [3.8, 4) is 11.3 Å². The summed E-state index contributed by atoms with van der Waals surface area (Å²) >= 11 is 6.39. The number of amides is 1. The van der Waals surface area contributed by atoms with Crippen molar-refractivity contribution in [1.29, 1.82) is 0 Å². The van der Waals surface area contributed by atoms with E-state index < -0.39 is 9.84 Å². The van der Waals surface area contributed by atoms with Crippen LogP contribution in [0.2, 0.25) is 5.02 Å². The Balaban J connectivity index is 1.42. The van der Waals surface area contributed by atoms with Gasteiger partial charge in [0, 0.05) is 24.8 Å². The molecule has 0 aliphatic carbocycles. The van der Waals surface area contributed by atoms with E-state index in [9.17, 15) is 13.2 Å². The highest BCUT2D eigenvalue weighted by molar-refractivity contribution is 7.91. The van der Waals surface area contributed by atoms with Crippen molar-refractivity contribution >= 4 is 39.0 Å². The highest BCUT2D eigenvalue weighted by atomic mass is 35.5. The molecular weight excluding hydrogens is 450 g/mol. The molecule has 2 aromatic rings. The first kappa shape index (κ1) is 22.9. The monoisotopic (exact) mass is 477 g/mol. The van der Waals surface area contributed by atoms with Gasteiger partial charge in [-0.2, -0.15) is 0 Å². The van der Waals surface area contributed by atoms with Crippen LogP contribution in [0.15, 0.2) is 30.5 Å². The molecule has 0 aromatic carbocycles. The zero-order valence-corrected chi connectivity index (χ0v) is 19.4. The lowest BCUT2D eigenvalue weighted by atomic mass is 9.99. The number of pyridine rings is 2. The van der Waals surface area contributed by atoms with E-state index in [0.29, 0.717) is 59.8 Å². The molecule has 1 unspecified atom stereocenters. The van der Waals surface area contributed by atoms with E-state index in [1.807, 2.05) is 18.2 Å². The molecule has 172 valence electrons. The number of hydrogen-bond donors (Lipinski definition) is 3. The second-order valence-corrected chi connectivity index (χ2v) is 11.2. The van der Waals surface area contributed by atoms with E-state index >= 15 is 0 Å². The maximum Gasteiger partial charge on any atom is 0.229 e. The lowest BCUT2D eigenvalue weighted by Crippen LogP contribution is -2.37. The van der Waals surface area contributed by atoms with Crippen LogP contribution in [-0.2, 0) is 14.6 Å². The fourth-order valence-electron chi connectivity index (χ4n) is 4.08. The summed E-state index contributed by atoms with van der Waals surface area (Å²) in [5, 5.41) is 9.91. The molecule has 0 bridgehead atoms. The van der Waals surface area contributed by atoms with Gasteiger partial charge in [-0.1, -0.05) is 17.7 Å². The molecule has 0 saturated carbocycles. The summed E-state index contributed by atoms with van der Waals surface area (Å²) in [4.78, 5) is 21.5. The van der Waals surface area contributed by atoms with Crippen molar-refractivity contribution < 1.29 is 13.2 Å². The van der Waals surface area contributed by atoms with E-state index in [2.05, 4.69) is 25.9 Å². The van der Waals surface area contributed by atoms with Crippen molar-refractivity contribution in [3.63, 3.8) is 0 Å².